The largest absolute Gasteiger partial charge is 0.450 e. The van der Waals surface area contributed by atoms with Crippen LogP contribution in [0.2, 0.25) is 0 Å². The fraction of sp³-hybridized carbons (Fsp3) is 0.375. The molecule has 0 aromatic heterocycles. The van der Waals surface area contributed by atoms with Gasteiger partial charge in [-0.25, -0.2) is 4.79 Å². The lowest BCUT2D eigenvalue weighted by Crippen LogP contribution is -2.44. The van der Waals surface area contributed by atoms with Crippen molar-refractivity contribution in [1.82, 2.24) is 0 Å². The molecule has 1 aromatic rings. The summed E-state index contributed by atoms with van der Waals surface area (Å²) in [5.41, 5.74) is -4.52. The van der Waals surface area contributed by atoms with Crippen LogP contribution in [-0.2, 0) is 15.1 Å². The van der Waals surface area contributed by atoms with E-state index in [1.165, 1.54) is 24.3 Å². The first-order valence-corrected chi connectivity index (χ1v) is 6.50. The molecule has 1 aliphatic carbocycles. The predicted molar refractivity (Wildman–Crippen MR) is 73.2 cm³/mol. The Morgan fingerprint density at radius 2 is 1.86 bits per heavy atom. The van der Waals surface area contributed by atoms with Gasteiger partial charge in [0.2, 0.25) is 11.4 Å². The summed E-state index contributed by atoms with van der Waals surface area (Å²) in [6.07, 6.45) is 0. The van der Waals surface area contributed by atoms with Crippen LogP contribution in [0.5, 0.6) is 0 Å². The molecule has 116 valence electrons. The van der Waals surface area contributed by atoms with Gasteiger partial charge in [0.05, 0.1) is 0 Å². The standard InChI is InChI=1S/C16H14F2O4/c1-14(2,3)22-12(19)8-9-15(21)11-7-5-4-6-10(11)13(20)16(15,17)18/h4-7,21H,1-3H3/t15-/m0/s1. The normalized spacial score (nSPS) is 22.5. The summed E-state index contributed by atoms with van der Waals surface area (Å²) in [5.74, 6) is -3.06. The topological polar surface area (TPSA) is 63.6 Å². The third-order valence-corrected chi connectivity index (χ3v) is 3.05. The van der Waals surface area contributed by atoms with Gasteiger partial charge in [-0.3, -0.25) is 4.79 Å². The molecule has 1 aromatic carbocycles. The second-order valence-electron chi connectivity index (χ2n) is 5.91. The van der Waals surface area contributed by atoms with Crippen LogP contribution in [0, 0.1) is 11.8 Å². The van der Waals surface area contributed by atoms with E-state index in [0.29, 0.717) is 0 Å². The third-order valence-electron chi connectivity index (χ3n) is 3.05. The fourth-order valence-corrected chi connectivity index (χ4v) is 2.09. The van der Waals surface area contributed by atoms with Crippen LogP contribution in [0.1, 0.15) is 36.7 Å². The van der Waals surface area contributed by atoms with Crippen molar-refractivity contribution in [2.45, 2.75) is 37.9 Å². The average Bonchev–Trinajstić information content (AvgIpc) is 2.55. The van der Waals surface area contributed by atoms with Crippen LogP contribution in [0.3, 0.4) is 0 Å². The van der Waals surface area contributed by atoms with Gasteiger partial charge in [-0.1, -0.05) is 24.3 Å². The molecule has 0 saturated heterocycles. The zero-order chi connectivity index (χ0) is 16.8. The van der Waals surface area contributed by atoms with Crippen molar-refractivity contribution in [3.8, 4) is 11.8 Å². The monoisotopic (exact) mass is 308 g/mol. The molecule has 0 heterocycles. The summed E-state index contributed by atoms with van der Waals surface area (Å²) < 4.78 is 33.1. The molecule has 2 rings (SSSR count). The molecule has 1 aliphatic rings. The van der Waals surface area contributed by atoms with Crippen LogP contribution in [0.4, 0.5) is 8.78 Å². The number of carbonyl (C=O) groups is 2. The first-order valence-electron chi connectivity index (χ1n) is 6.50. The number of ketones is 1. The molecule has 0 bridgehead atoms. The Bertz CT molecular complexity index is 707. The van der Waals surface area contributed by atoms with Crippen molar-refractivity contribution in [3.05, 3.63) is 35.4 Å². The molecule has 0 spiro atoms. The first-order chi connectivity index (χ1) is 9.99. The molecule has 1 atom stereocenters. The summed E-state index contributed by atoms with van der Waals surface area (Å²) in [6.45, 7) is 4.76. The Hall–Kier alpha value is -2.26. The van der Waals surface area contributed by atoms with Crippen molar-refractivity contribution in [2.24, 2.45) is 0 Å². The molecular weight excluding hydrogens is 294 g/mol. The number of Topliss-reactive ketones (excluding diaryl/α,β-unsaturated/α-hetero) is 1. The number of esters is 1. The van der Waals surface area contributed by atoms with Gasteiger partial charge < -0.3 is 9.84 Å². The van der Waals surface area contributed by atoms with E-state index in [0.717, 1.165) is 0 Å². The van der Waals surface area contributed by atoms with Crippen LogP contribution in [0.15, 0.2) is 24.3 Å². The van der Waals surface area contributed by atoms with Crippen molar-refractivity contribution in [3.63, 3.8) is 0 Å². The van der Waals surface area contributed by atoms with Gasteiger partial charge in [0.25, 0.3) is 0 Å². The minimum Gasteiger partial charge on any atom is -0.450 e. The number of alkyl halides is 2. The van der Waals surface area contributed by atoms with Crippen LogP contribution < -0.4 is 0 Å². The van der Waals surface area contributed by atoms with Gasteiger partial charge in [0.1, 0.15) is 5.60 Å². The Balaban J connectivity index is 2.46. The highest BCUT2D eigenvalue weighted by atomic mass is 19.3. The SMILES string of the molecule is CC(C)(C)OC(=O)C#C[C@]1(O)c2ccccc2C(=O)C1(F)F. The minimum atomic E-state index is -4.13. The number of carbonyl (C=O) groups excluding carboxylic acids is 2. The summed E-state index contributed by atoms with van der Waals surface area (Å²) in [6, 6.07) is 5.16. The molecule has 0 amide bonds. The smallest absolute Gasteiger partial charge is 0.384 e. The molecule has 6 heteroatoms. The number of halogens is 2. The Labute approximate surface area is 126 Å². The number of benzene rings is 1. The molecule has 0 unspecified atom stereocenters. The van der Waals surface area contributed by atoms with E-state index >= 15 is 0 Å². The Morgan fingerprint density at radius 3 is 2.45 bits per heavy atom. The molecule has 1 N–H and O–H groups in total. The molecule has 0 aliphatic heterocycles. The van der Waals surface area contributed by atoms with Gasteiger partial charge in [0, 0.05) is 17.0 Å². The van der Waals surface area contributed by atoms with Crippen molar-refractivity contribution in [1.29, 1.82) is 0 Å². The maximum Gasteiger partial charge on any atom is 0.384 e. The Kier molecular flexibility index (Phi) is 3.58. The highest BCUT2D eigenvalue weighted by Crippen LogP contribution is 2.47. The molecule has 4 nitrogen and oxygen atoms in total. The average molecular weight is 308 g/mol. The predicted octanol–water partition coefficient (Wildman–Crippen LogP) is 2.05. The summed E-state index contributed by atoms with van der Waals surface area (Å²) in [4.78, 5) is 23.2. The summed E-state index contributed by atoms with van der Waals surface area (Å²) in [7, 11) is 0. The van der Waals surface area contributed by atoms with E-state index in [1.807, 2.05) is 11.8 Å². The summed E-state index contributed by atoms with van der Waals surface area (Å²) in [5, 5.41) is 10.2. The molecule has 0 radical (unpaired) electrons. The number of ether oxygens (including phenoxy) is 1. The molecular formula is C16H14F2O4. The first kappa shape index (κ1) is 16.1. The van der Waals surface area contributed by atoms with Crippen LogP contribution >= 0.6 is 0 Å². The van der Waals surface area contributed by atoms with Crippen LogP contribution in [0.25, 0.3) is 0 Å². The highest BCUT2D eigenvalue weighted by Gasteiger charge is 2.65. The van der Waals surface area contributed by atoms with Gasteiger partial charge in [-0.15, -0.1) is 0 Å². The van der Waals surface area contributed by atoms with E-state index in [4.69, 9.17) is 4.74 Å². The van der Waals surface area contributed by atoms with Crippen LogP contribution in [-0.4, -0.2) is 28.4 Å². The highest BCUT2D eigenvalue weighted by molar-refractivity contribution is 6.08. The van der Waals surface area contributed by atoms with Gasteiger partial charge in [0.15, 0.2) is 0 Å². The third kappa shape index (κ3) is 2.48. The van der Waals surface area contributed by atoms with E-state index in [2.05, 4.69) is 0 Å². The quantitative estimate of drug-likeness (QED) is 0.453. The summed E-state index contributed by atoms with van der Waals surface area (Å²) >= 11 is 0. The molecule has 0 saturated carbocycles. The number of hydrogen-bond acceptors (Lipinski definition) is 4. The lowest BCUT2D eigenvalue weighted by atomic mass is 9.94. The maximum absolute atomic E-state index is 14.1. The minimum absolute atomic E-state index is 0.312. The van der Waals surface area contributed by atoms with E-state index in [1.54, 1.807) is 20.8 Å². The maximum atomic E-state index is 14.1. The fourth-order valence-electron chi connectivity index (χ4n) is 2.09. The van der Waals surface area contributed by atoms with Crippen molar-refractivity contribution >= 4 is 11.8 Å². The second-order valence-corrected chi connectivity index (χ2v) is 5.91. The second kappa shape index (κ2) is 4.89. The molecule has 22 heavy (non-hydrogen) atoms. The number of aliphatic hydroxyl groups is 1. The molecule has 0 fully saturated rings. The van der Waals surface area contributed by atoms with E-state index < -0.39 is 28.9 Å². The van der Waals surface area contributed by atoms with E-state index in [-0.39, 0.29) is 11.1 Å². The lowest BCUT2D eigenvalue weighted by molar-refractivity contribution is -0.147. The zero-order valence-corrected chi connectivity index (χ0v) is 12.2. The van der Waals surface area contributed by atoms with E-state index in [9.17, 15) is 23.5 Å². The van der Waals surface area contributed by atoms with Crippen molar-refractivity contribution in [2.75, 3.05) is 0 Å². The number of fused-ring (bicyclic) bond motifs is 1. The number of rotatable bonds is 0. The van der Waals surface area contributed by atoms with Gasteiger partial charge in [-0.05, 0) is 26.7 Å². The number of hydrogen-bond donors (Lipinski definition) is 1. The van der Waals surface area contributed by atoms with Gasteiger partial charge in [-0.2, -0.15) is 8.78 Å². The van der Waals surface area contributed by atoms with Crippen molar-refractivity contribution < 1.29 is 28.2 Å². The van der Waals surface area contributed by atoms with Gasteiger partial charge >= 0.3 is 11.9 Å². The zero-order valence-electron chi connectivity index (χ0n) is 12.2. The lowest BCUT2D eigenvalue weighted by Gasteiger charge is -2.23. The Morgan fingerprint density at radius 1 is 1.27 bits per heavy atom.